The van der Waals surface area contributed by atoms with Gasteiger partial charge < -0.3 is 20.4 Å². The second-order valence-electron chi connectivity index (χ2n) is 7.95. The van der Waals surface area contributed by atoms with E-state index in [-0.39, 0.29) is 49.8 Å². The number of rotatable bonds is 4. The van der Waals surface area contributed by atoms with Gasteiger partial charge in [-0.1, -0.05) is 0 Å². The molecule has 8 nitrogen and oxygen atoms in total. The van der Waals surface area contributed by atoms with Crippen LogP contribution in [0.2, 0.25) is 0 Å². The Bertz CT molecular complexity index is 482. The van der Waals surface area contributed by atoms with Crippen molar-refractivity contribution in [3.63, 3.8) is 0 Å². The van der Waals surface area contributed by atoms with E-state index in [1.165, 1.54) is 0 Å². The van der Waals surface area contributed by atoms with Crippen molar-refractivity contribution in [2.75, 3.05) is 52.6 Å². The third-order valence-electron chi connectivity index (χ3n) is 6.91. The highest BCUT2D eigenvalue weighted by Gasteiger charge is 2.53. The molecule has 6 saturated heterocycles. The summed E-state index contributed by atoms with van der Waals surface area (Å²) in [7, 11) is 0. The first kappa shape index (κ1) is 19.9. The Morgan fingerprint density at radius 1 is 0.654 bits per heavy atom. The minimum atomic E-state index is -0.957. The molecule has 4 bridgehead atoms. The standard InChI is InChI=1S/2C9H15NO3/c2*11-5-9(6-12)8(13)7-1-3-10(9)4-2-7/h2*7,11-12H,1-6H2. The lowest BCUT2D eigenvalue weighted by atomic mass is 9.74. The summed E-state index contributed by atoms with van der Waals surface area (Å²) in [6.07, 6.45) is 3.56. The molecule has 26 heavy (non-hydrogen) atoms. The number of piperidine rings is 6. The van der Waals surface area contributed by atoms with Gasteiger partial charge in [-0.15, -0.1) is 0 Å². The number of hydrogen-bond acceptors (Lipinski definition) is 8. The number of carbonyl (C=O) groups excluding carboxylic acids is 2. The molecule has 0 aromatic carbocycles. The lowest BCUT2D eigenvalue weighted by Gasteiger charge is -2.51. The molecule has 0 radical (unpaired) electrons. The number of Topliss-reactive ketones (excluding diaryl/α,β-unsaturated/α-hetero) is 2. The van der Waals surface area contributed by atoms with Crippen LogP contribution in [0.5, 0.6) is 0 Å². The third-order valence-corrected chi connectivity index (χ3v) is 6.91. The van der Waals surface area contributed by atoms with E-state index in [0.717, 1.165) is 51.9 Å². The van der Waals surface area contributed by atoms with Gasteiger partial charge in [0.25, 0.3) is 0 Å². The minimum Gasteiger partial charge on any atom is -0.394 e. The van der Waals surface area contributed by atoms with Crippen molar-refractivity contribution in [3.05, 3.63) is 0 Å². The van der Waals surface area contributed by atoms with Gasteiger partial charge in [0, 0.05) is 11.8 Å². The molecule has 6 aliphatic heterocycles. The van der Waals surface area contributed by atoms with E-state index in [0.29, 0.717) is 0 Å². The fraction of sp³-hybridized carbons (Fsp3) is 0.889. The lowest BCUT2D eigenvalue weighted by Crippen LogP contribution is -2.68. The largest absolute Gasteiger partial charge is 0.394 e. The van der Waals surface area contributed by atoms with Crippen LogP contribution in [-0.2, 0) is 9.59 Å². The zero-order valence-electron chi connectivity index (χ0n) is 15.1. The van der Waals surface area contributed by atoms with E-state index in [1.807, 2.05) is 9.80 Å². The minimum absolute atomic E-state index is 0.0370. The first-order chi connectivity index (χ1) is 12.5. The van der Waals surface area contributed by atoms with Crippen LogP contribution >= 0.6 is 0 Å². The molecule has 6 fully saturated rings. The first-order valence-electron chi connectivity index (χ1n) is 9.51. The van der Waals surface area contributed by atoms with Crippen LogP contribution in [0, 0.1) is 11.8 Å². The second-order valence-corrected chi connectivity index (χ2v) is 7.95. The van der Waals surface area contributed by atoms with Gasteiger partial charge in [0.2, 0.25) is 0 Å². The van der Waals surface area contributed by atoms with E-state index in [4.69, 9.17) is 0 Å². The molecule has 0 amide bonds. The second kappa shape index (κ2) is 7.61. The molecule has 0 saturated carbocycles. The number of aliphatic hydroxyl groups is 4. The average Bonchev–Trinajstić information content (AvgIpc) is 2.71. The van der Waals surface area contributed by atoms with Crippen LogP contribution in [0.15, 0.2) is 0 Å². The molecule has 6 heterocycles. The predicted octanol–water partition coefficient (Wildman–Crippen LogP) is -1.99. The normalized spacial score (nSPS) is 36.6. The van der Waals surface area contributed by atoms with Gasteiger partial charge in [-0.3, -0.25) is 19.4 Å². The summed E-state index contributed by atoms with van der Waals surface area (Å²) in [5.74, 6) is 0.221. The molecule has 4 N–H and O–H groups in total. The third kappa shape index (κ3) is 2.83. The summed E-state index contributed by atoms with van der Waals surface area (Å²) >= 11 is 0. The molecular weight excluding hydrogens is 340 g/mol. The highest BCUT2D eigenvalue weighted by atomic mass is 16.3. The Hall–Kier alpha value is -0.900. The molecule has 8 heteroatoms. The van der Waals surface area contributed by atoms with Crippen LogP contribution in [-0.4, -0.2) is 105 Å². The molecule has 0 aromatic rings. The van der Waals surface area contributed by atoms with Gasteiger partial charge in [0.05, 0.1) is 26.4 Å². The predicted molar refractivity (Wildman–Crippen MR) is 92.4 cm³/mol. The quantitative estimate of drug-likeness (QED) is 0.449. The Balaban J connectivity index is 0.000000151. The van der Waals surface area contributed by atoms with Crippen molar-refractivity contribution in [1.82, 2.24) is 9.80 Å². The number of aliphatic hydroxyl groups excluding tert-OH is 4. The molecule has 148 valence electrons. The van der Waals surface area contributed by atoms with Crippen LogP contribution in [0.1, 0.15) is 25.7 Å². The molecule has 0 aliphatic carbocycles. The number of ketones is 2. The first-order valence-corrected chi connectivity index (χ1v) is 9.51. The molecular formula is C18H30N2O6. The Labute approximate surface area is 153 Å². The van der Waals surface area contributed by atoms with Crippen molar-refractivity contribution < 1.29 is 30.0 Å². The Morgan fingerprint density at radius 2 is 0.923 bits per heavy atom. The maximum absolute atomic E-state index is 11.8. The van der Waals surface area contributed by atoms with Crippen molar-refractivity contribution in [2.45, 2.75) is 36.8 Å². The summed E-state index contributed by atoms with van der Waals surface area (Å²) in [5, 5.41) is 36.8. The SMILES string of the molecule is O=C1C2CCN(CC2)C1(CO)CO.O=C1C2CCN(CC2)C1(CO)CO. The molecule has 6 aliphatic rings. The number of carbonyl (C=O) groups is 2. The van der Waals surface area contributed by atoms with Crippen LogP contribution in [0.4, 0.5) is 0 Å². The van der Waals surface area contributed by atoms with E-state index in [9.17, 15) is 30.0 Å². The maximum Gasteiger partial charge on any atom is 0.160 e. The van der Waals surface area contributed by atoms with Crippen molar-refractivity contribution in [3.8, 4) is 0 Å². The van der Waals surface area contributed by atoms with Crippen LogP contribution in [0.3, 0.4) is 0 Å². The van der Waals surface area contributed by atoms with Crippen LogP contribution in [0.25, 0.3) is 0 Å². The fourth-order valence-electron chi connectivity index (χ4n) is 5.02. The van der Waals surface area contributed by atoms with Gasteiger partial charge in [-0.2, -0.15) is 0 Å². The van der Waals surface area contributed by atoms with Gasteiger partial charge in [-0.05, 0) is 51.9 Å². The maximum atomic E-state index is 11.8. The molecule has 6 rings (SSSR count). The van der Waals surface area contributed by atoms with E-state index in [2.05, 4.69) is 0 Å². The summed E-state index contributed by atoms with van der Waals surface area (Å²) < 4.78 is 0. The summed E-state index contributed by atoms with van der Waals surface area (Å²) in [4.78, 5) is 27.5. The highest BCUT2D eigenvalue weighted by Crippen LogP contribution is 2.36. The Kier molecular flexibility index (Phi) is 5.81. The van der Waals surface area contributed by atoms with Gasteiger partial charge in [0.15, 0.2) is 11.6 Å². The summed E-state index contributed by atoms with van der Waals surface area (Å²) in [5.41, 5.74) is -1.91. The van der Waals surface area contributed by atoms with Gasteiger partial charge in [0.1, 0.15) is 11.1 Å². The molecule has 0 aromatic heterocycles. The number of hydrogen-bond donors (Lipinski definition) is 4. The van der Waals surface area contributed by atoms with Crippen molar-refractivity contribution >= 4 is 11.6 Å². The number of fused-ring (bicyclic) bond motifs is 6. The summed E-state index contributed by atoms with van der Waals surface area (Å²) in [6, 6.07) is 0. The zero-order chi connectivity index (χ0) is 18.9. The smallest absolute Gasteiger partial charge is 0.160 e. The van der Waals surface area contributed by atoms with Crippen molar-refractivity contribution in [1.29, 1.82) is 0 Å². The monoisotopic (exact) mass is 370 g/mol. The number of nitrogens with zero attached hydrogens (tertiary/aromatic N) is 2. The zero-order valence-corrected chi connectivity index (χ0v) is 15.1. The molecule has 0 spiro atoms. The molecule has 0 unspecified atom stereocenters. The van der Waals surface area contributed by atoms with Gasteiger partial charge in [-0.25, -0.2) is 0 Å². The molecule has 0 atom stereocenters. The topological polar surface area (TPSA) is 122 Å². The van der Waals surface area contributed by atoms with E-state index >= 15 is 0 Å². The lowest BCUT2D eigenvalue weighted by molar-refractivity contribution is -0.157. The van der Waals surface area contributed by atoms with Crippen LogP contribution < -0.4 is 0 Å². The average molecular weight is 370 g/mol. The van der Waals surface area contributed by atoms with E-state index in [1.54, 1.807) is 0 Å². The summed E-state index contributed by atoms with van der Waals surface area (Å²) in [6.45, 7) is 2.32. The fourth-order valence-corrected chi connectivity index (χ4v) is 5.02. The van der Waals surface area contributed by atoms with E-state index < -0.39 is 11.1 Å². The Morgan fingerprint density at radius 3 is 1.08 bits per heavy atom. The van der Waals surface area contributed by atoms with Crippen molar-refractivity contribution in [2.24, 2.45) is 11.8 Å². The van der Waals surface area contributed by atoms with Gasteiger partial charge >= 0.3 is 0 Å². The highest BCUT2D eigenvalue weighted by molar-refractivity contribution is 5.93.